The first-order chi connectivity index (χ1) is 14.1. The van der Waals surface area contributed by atoms with Gasteiger partial charge in [0.25, 0.3) is 15.9 Å². The maximum absolute atomic E-state index is 13.3. The van der Waals surface area contributed by atoms with Crippen molar-refractivity contribution in [3.05, 3.63) is 54.6 Å². The maximum atomic E-state index is 13.3. The van der Waals surface area contributed by atoms with Crippen molar-refractivity contribution >= 4 is 21.6 Å². The molecule has 154 valence electrons. The van der Waals surface area contributed by atoms with Crippen LogP contribution in [-0.4, -0.2) is 33.5 Å². The molecule has 0 unspecified atom stereocenters. The van der Waals surface area contributed by atoms with E-state index in [0.717, 1.165) is 12.8 Å². The molecule has 29 heavy (non-hydrogen) atoms. The molecule has 0 radical (unpaired) electrons. The number of benzene rings is 2. The molecular weight excluding hydrogens is 388 g/mol. The number of para-hydroxylation sites is 2. The minimum atomic E-state index is -3.80. The molecule has 1 aliphatic carbocycles. The molecule has 1 heterocycles. The van der Waals surface area contributed by atoms with Gasteiger partial charge in [0, 0.05) is 6.54 Å². The van der Waals surface area contributed by atoms with E-state index in [9.17, 15) is 13.2 Å². The van der Waals surface area contributed by atoms with Crippen LogP contribution in [0.15, 0.2) is 59.5 Å². The number of carbonyl (C=O) groups is 1. The second kappa shape index (κ2) is 8.45. The molecular formula is C22H26N2O4S. The molecule has 1 atom stereocenters. The Kier molecular flexibility index (Phi) is 5.76. The Morgan fingerprint density at radius 1 is 1.00 bits per heavy atom. The highest BCUT2D eigenvalue weighted by Crippen LogP contribution is 2.36. The Labute approximate surface area is 171 Å². The van der Waals surface area contributed by atoms with Gasteiger partial charge >= 0.3 is 0 Å². The van der Waals surface area contributed by atoms with E-state index >= 15 is 0 Å². The van der Waals surface area contributed by atoms with Crippen molar-refractivity contribution in [2.45, 2.75) is 43.1 Å². The van der Waals surface area contributed by atoms with Crippen LogP contribution in [0, 0.1) is 5.92 Å². The summed E-state index contributed by atoms with van der Waals surface area (Å²) >= 11 is 0. The molecule has 0 spiro atoms. The van der Waals surface area contributed by atoms with Crippen LogP contribution < -0.4 is 14.4 Å². The SMILES string of the molecule is O=C(NCC1CCCCC1)[C@@H]1CN(S(=O)(=O)c2ccccc2)c2ccccc2O1. The van der Waals surface area contributed by atoms with E-state index in [4.69, 9.17) is 4.74 Å². The van der Waals surface area contributed by atoms with Crippen molar-refractivity contribution in [2.24, 2.45) is 5.92 Å². The van der Waals surface area contributed by atoms with Gasteiger partial charge in [0.2, 0.25) is 0 Å². The van der Waals surface area contributed by atoms with Gasteiger partial charge in [-0.2, -0.15) is 0 Å². The van der Waals surface area contributed by atoms with Crippen molar-refractivity contribution in [3.63, 3.8) is 0 Å². The summed E-state index contributed by atoms with van der Waals surface area (Å²) < 4.78 is 33.7. The number of anilines is 1. The zero-order valence-electron chi connectivity index (χ0n) is 16.3. The minimum Gasteiger partial charge on any atom is -0.476 e. The Hall–Kier alpha value is -2.54. The molecule has 4 rings (SSSR count). The normalized spacial score (nSPS) is 19.9. The summed E-state index contributed by atoms with van der Waals surface area (Å²) in [6.07, 6.45) is 5.05. The number of fused-ring (bicyclic) bond motifs is 1. The Morgan fingerprint density at radius 2 is 1.69 bits per heavy atom. The zero-order valence-corrected chi connectivity index (χ0v) is 17.1. The van der Waals surface area contributed by atoms with Crippen molar-refractivity contribution in [1.82, 2.24) is 5.32 Å². The topological polar surface area (TPSA) is 75.7 Å². The summed E-state index contributed by atoms with van der Waals surface area (Å²) in [6, 6.07) is 15.2. The number of rotatable bonds is 5. The number of nitrogens with one attached hydrogen (secondary N) is 1. The van der Waals surface area contributed by atoms with E-state index < -0.39 is 16.1 Å². The van der Waals surface area contributed by atoms with E-state index in [1.807, 2.05) is 0 Å². The molecule has 1 aliphatic heterocycles. The smallest absolute Gasteiger partial charge is 0.264 e. The van der Waals surface area contributed by atoms with Crippen molar-refractivity contribution in [3.8, 4) is 5.75 Å². The van der Waals surface area contributed by atoms with Gasteiger partial charge in [0.05, 0.1) is 17.1 Å². The first-order valence-electron chi connectivity index (χ1n) is 10.2. The molecule has 0 aromatic heterocycles. The van der Waals surface area contributed by atoms with Crippen molar-refractivity contribution in [1.29, 1.82) is 0 Å². The first-order valence-corrected chi connectivity index (χ1v) is 11.6. The quantitative estimate of drug-likeness (QED) is 0.814. The highest BCUT2D eigenvalue weighted by atomic mass is 32.2. The lowest BCUT2D eigenvalue weighted by Gasteiger charge is -2.35. The summed E-state index contributed by atoms with van der Waals surface area (Å²) in [5.41, 5.74) is 0.452. The molecule has 1 fully saturated rings. The van der Waals surface area contributed by atoms with E-state index in [1.54, 1.807) is 54.6 Å². The molecule has 1 N–H and O–H groups in total. The molecule has 1 amide bonds. The fourth-order valence-corrected chi connectivity index (χ4v) is 5.53. The van der Waals surface area contributed by atoms with Crippen LogP contribution in [0.5, 0.6) is 5.75 Å². The van der Waals surface area contributed by atoms with Crippen molar-refractivity contribution in [2.75, 3.05) is 17.4 Å². The molecule has 1 saturated carbocycles. The highest BCUT2D eigenvalue weighted by Gasteiger charge is 2.37. The summed E-state index contributed by atoms with van der Waals surface area (Å²) in [6.45, 7) is 0.566. The third-order valence-corrected chi connectivity index (χ3v) is 7.44. The monoisotopic (exact) mass is 414 g/mol. The lowest BCUT2D eigenvalue weighted by atomic mass is 9.89. The number of nitrogens with zero attached hydrogens (tertiary/aromatic N) is 1. The Morgan fingerprint density at radius 3 is 2.45 bits per heavy atom. The molecule has 0 bridgehead atoms. The second-order valence-corrected chi connectivity index (χ2v) is 9.53. The van der Waals surface area contributed by atoms with Crippen LogP contribution in [0.25, 0.3) is 0 Å². The third kappa shape index (κ3) is 4.24. The van der Waals surface area contributed by atoms with Crippen LogP contribution in [-0.2, 0) is 14.8 Å². The Bertz CT molecular complexity index is 956. The van der Waals surface area contributed by atoms with Crippen molar-refractivity contribution < 1.29 is 17.9 Å². The standard InChI is InChI=1S/C22H26N2O4S/c25-22(23-15-17-9-3-1-4-10-17)21-16-24(19-13-7-8-14-20(19)28-21)29(26,27)18-11-5-2-6-12-18/h2,5-8,11-14,17,21H,1,3-4,9-10,15-16H2,(H,23,25)/t21-/m0/s1. The average Bonchev–Trinajstić information content (AvgIpc) is 2.78. The van der Waals surface area contributed by atoms with Gasteiger partial charge in [0.1, 0.15) is 5.75 Å². The molecule has 2 aromatic rings. The third-order valence-electron chi connectivity index (χ3n) is 5.65. The number of carbonyl (C=O) groups excluding carboxylic acids is 1. The predicted molar refractivity (Wildman–Crippen MR) is 111 cm³/mol. The summed E-state index contributed by atoms with van der Waals surface area (Å²) in [5, 5.41) is 2.98. The van der Waals surface area contributed by atoms with Gasteiger partial charge in [-0.05, 0) is 43.0 Å². The largest absolute Gasteiger partial charge is 0.476 e. The van der Waals surface area contributed by atoms with Crippen LogP contribution in [0.1, 0.15) is 32.1 Å². The molecule has 2 aliphatic rings. The van der Waals surface area contributed by atoms with Crippen LogP contribution in [0.3, 0.4) is 0 Å². The first kappa shape index (κ1) is 19.8. The lowest BCUT2D eigenvalue weighted by molar-refractivity contribution is -0.128. The summed E-state index contributed by atoms with van der Waals surface area (Å²) in [7, 11) is -3.80. The van der Waals surface area contributed by atoms with E-state index in [2.05, 4.69) is 5.32 Å². The van der Waals surface area contributed by atoms with Gasteiger partial charge in [-0.25, -0.2) is 8.42 Å². The van der Waals surface area contributed by atoms with E-state index in [1.165, 1.54) is 23.6 Å². The van der Waals surface area contributed by atoms with E-state index in [-0.39, 0.29) is 17.3 Å². The summed E-state index contributed by atoms with van der Waals surface area (Å²) in [5.74, 6) is 0.627. The van der Waals surface area contributed by atoms with Gasteiger partial charge in [0.15, 0.2) is 6.10 Å². The average molecular weight is 415 g/mol. The maximum Gasteiger partial charge on any atom is 0.264 e. The number of hydrogen-bond donors (Lipinski definition) is 1. The fraction of sp³-hybridized carbons (Fsp3) is 0.409. The van der Waals surface area contributed by atoms with Crippen LogP contribution in [0.2, 0.25) is 0 Å². The minimum absolute atomic E-state index is 0.0509. The van der Waals surface area contributed by atoms with Gasteiger partial charge in [-0.3, -0.25) is 9.10 Å². The predicted octanol–water partition coefficient (Wildman–Crippen LogP) is 3.34. The van der Waals surface area contributed by atoms with Gasteiger partial charge in [-0.15, -0.1) is 0 Å². The second-order valence-electron chi connectivity index (χ2n) is 7.67. The lowest BCUT2D eigenvalue weighted by Crippen LogP contribution is -2.51. The molecule has 6 nitrogen and oxygen atoms in total. The van der Waals surface area contributed by atoms with Gasteiger partial charge in [-0.1, -0.05) is 49.6 Å². The number of amides is 1. The Balaban J connectivity index is 1.55. The number of hydrogen-bond acceptors (Lipinski definition) is 4. The van der Waals surface area contributed by atoms with Crippen LogP contribution >= 0.6 is 0 Å². The number of ether oxygens (including phenoxy) is 1. The molecule has 2 aromatic carbocycles. The molecule has 0 saturated heterocycles. The molecule has 7 heteroatoms. The van der Waals surface area contributed by atoms with Gasteiger partial charge < -0.3 is 10.1 Å². The summed E-state index contributed by atoms with van der Waals surface area (Å²) in [4.78, 5) is 13.0. The zero-order chi connectivity index (χ0) is 20.3. The van der Waals surface area contributed by atoms with Crippen LogP contribution in [0.4, 0.5) is 5.69 Å². The highest BCUT2D eigenvalue weighted by molar-refractivity contribution is 7.92. The number of sulfonamides is 1. The fourth-order valence-electron chi connectivity index (χ4n) is 4.04. The van der Waals surface area contributed by atoms with E-state index in [0.29, 0.717) is 23.9 Å².